The van der Waals surface area contributed by atoms with E-state index < -0.39 is 0 Å². The van der Waals surface area contributed by atoms with Gasteiger partial charge < -0.3 is 10.2 Å². The SMILES string of the molecule is CC1CCC(c2cccc(NC(=O)N3C=CCC=N3)c2)(N2CCN(c3ccccc3)CC2)CC1. The van der Waals surface area contributed by atoms with Crippen molar-refractivity contribution in [2.75, 3.05) is 36.4 Å². The minimum atomic E-state index is -0.229. The lowest BCUT2D eigenvalue weighted by atomic mass is 9.71. The molecule has 2 amide bonds. The van der Waals surface area contributed by atoms with Crippen molar-refractivity contribution in [3.63, 3.8) is 0 Å². The van der Waals surface area contributed by atoms with Crippen LogP contribution in [-0.2, 0) is 5.54 Å². The summed E-state index contributed by atoms with van der Waals surface area (Å²) >= 11 is 0. The molecule has 6 heteroatoms. The van der Waals surface area contributed by atoms with Crippen LogP contribution in [0, 0.1) is 5.92 Å². The molecule has 1 N–H and O–H groups in total. The fourth-order valence-corrected chi connectivity index (χ4v) is 5.64. The maximum absolute atomic E-state index is 12.7. The van der Waals surface area contributed by atoms with Crippen LogP contribution >= 0.6 is 0 Å². The number of hydrazone groups is 1. The molecule has 2 aliphatic heterocycles. The zero-order valence-corrected chi connectivity index (χ0v) is 20.1. The van der Waals surface area contributed by atoms with Crippen molar-refractivity contribution in [2.24, 2.45) is 11.0 Å². The Kier molecular flexibility index (Phi) is 6.68. The van der Waals surface area contributed by atoms with Crippen molar-refractivity contribution in [3.05, 3.63) is 72.4 Å². The number of amides is 2. The predicted octanol–water partition coefficient (Wildman–Crippen LogP) is 5.65. The standard InChI is InChI=1S/C28H35N5O/c1-23-12-14-28(15-13-23,32-20-18-31(19-21-32)26-10-3-2-4-11-26)24-8-7-9-25(22-24)30-27(34)33-17-6-5-16-29-33/h2-4,6-11,16-17,22-23H,5,12-15,18-21H2,1H3,(H,30,34). The molecule has 0 bridgehead atoms. The number of anilines is 2. The molecule has 0 aromatic heterocycles. The molecular formula is C28H35N5O. The van der Waals surface area contributed by atoms with Gasteiger partial charge in [0.05, 0.1) is 0 Å². The summed E-state index contributed by atoms with van der Waals surface area (Å²) in [5.41, 5.74) is 3.49. The third-order valence-electron chi connectivity index (χ3n) is 7.66. The van der Waals surface area contributed by atoms with E-state index in [-0.39, 0.29) is 11.6 Å². The monoisotopic (exact) mass is 457 g/mol. The highest BCUT2D eigenvalue weighted by molar-refractivity contribution is 5.90. The molecule has 5 rings (SSSR count). The van der Waals surface area contributed by atoms with Crippen LogP contribution in [-0.4, -0.2) is 48.3 Å². The molecule has 2 heterocycles. The fraction of sp³-hybridized carbons (Fsp3) is 0.429. The number of urea groups is 1. The Hall–Kier alpha value is -3.12. The first-order valence-electron chi connectivity index (χ1n) is 12.6. The van der Waals surface area contributed by atoms with E-state index in [0.29, 0.717) is 0 Å². The number of carbonyl (C=O) groups is 1. The number of piperazine rings is 1. The quantitative estimate of drug-likeness (QED) is 0.645. The van der Waals surface area contributed by atoms with Gasteiger partial charge in [-0.2, -0.15) is 10.1 Å². The van der Waals surface area contributed by atoms with Crippen molar-refractivity contribution >= 4 is 23.6 Å². The molecule has 1 aliphatic carbocycles. The van der Waals surface area contributed by atoms with Crippen LogP contribution in [0.1, 0.15) is 44.6 Å². The molecule has 34 heavy (non-hydrogen) atoms. The Morgan fingerprint density at radius 2 is 1.76 bits per heavy atom. The van der Waals surface area contributed by atoms with Crippen LogP contribution in [0.4, 0.5) is 16.2 Å². The van der Waals surface area contributed by atoms with Gasteiger partial charge in [-0.1, -0.05) is 43.3 Å². The van der Waals surface area contributed by atoms with Crippen molar-refractivity contribution in [1.82, 2.24) is 9.91 Å². The molecule has 2 aromatic carbocycles. The largest absolute Gasteiger partial charge is 0.369 e. The van der Waals surface area contributed by atoms with E-state index >= 15 is 0 Å². The number of hydrogen-bond donors (Lipinski definition) is 1. The smallest absolute Gasteiger partial charge is 0.346 e. The average molecular weight is 458 g/mol. The van der Waals surface area contributed by atoms with Gasteiger partial charge >= 0.3 is 6.03 Å². The summed E-state index contributed by atoms with van der Waals surface area (Å²) in [6, 6.07) is 19.0. The highest BCUT2D eigenvalue weighted by Crippen LogP contribution is 2.45. The summed E-state index contributed by atoms with van der Waals surface area (Å²) < 4.78 is 0. The molecule has 2 aromatic rings. The van der Waals surface area contributed by atoms with Gasteiger partial charge in [-0.3, -0.25) is 4.90 Å². The average Bonchev–Trinajstić information content (AvgIpc) is 2.91. The van der Waals surface area contributed by atoms with Gasteiger partial charge in [0, 0.05) is 61.9 Å². The van der Waals surface area contributed by atoms with Crippen LogP contribution in [0.15, 0.2) is 72.0 Å². The van der Waals surface area contributed by atoms with E-state index in [2.05, 4.69) is 75.7 Å². The number of rotatable bonds is 4. The van der Waals surface area contributed by atoms with E-state index in [1.54, 1.807) is 12.4 Å². The normalized spacial score (nSPS) is 25.4. The van der Waals surface area contributed by atoms with Gasteiger partial charge in [0.15, 0.2) is 0 Å². The summed E-state index contributed by atoms with van der Waals surface area (Å²) in [4.78, 5) is 17.9. The molecule has 1 saturated carbocycles. The van der Waals surface area contributed by atoms with Gasteiger partial charge in [-0.15, -0.1) is 0 Å². The fourth-order valence-electron chi connectivity index (χ4n) is 5.64. The number of carbonyl (C=O) groups excluding carboxylic acids is 1. The lowest BCUT2D eigenvalue weighted by molar-refractivity contribution is 0.0299. The van der Waals surface area contributed by atoms with Gasteiger partial charge in [0.2, 0.25) is 0 Å². The number of nitrogens with zero attached hydrogens (tertiary/aromatic N) is 4. The molecule has 0 radical (unpaired) electrons. The minimum Gasteiger partial charge on any atom is -0.369 e. The first-order valence-corrected chi connectivity index (χ1v) is 12.6. The summed E-state index contributed by atoms with van der Waals surface area (Å²) in [6.07, 6.45) is 10.9. The number of para-hydroxylation sites is 1. The molecule has 0 atom stereocenters. The van der Waals surface area contributed by atoms with Crippen LogP contribution in [0.5, 0.6) is 0 Å². The van der Waals surface area contributed by atoms with E-state index in [1.807, 2.05) is 12.1 Å². The molecule has 0 spiro atoms. The Labute approximate surface area is 202 Å². The molecule has 1 saturated heterocycles. The Bertz CT molecular complexity index is 1020. The van der Waals surface area contributed by atoms with E-state index in [4.69, 9.17) is 0 Å². The summed E-state index contributed by atoms with van der Waals surface area (Å²) in [7, 11) is 0. The van der Waals surface area contributed by atoms with Gasteiger partial charge in [-0.05, 0) is 61.4 Å². The number of allylic oxidation sites excluding steroid dienone is 1. The summed E-state index contributed by atoms with van der Waals surface area (Å²) in [5, 5.41) is 8.56. The second-order valence-corrected chi connectivity index (χ2v) is 9.80. The van der Waals surface area contributed by atoms with Gasteiger partial charge in [-0.25, -0.2) is 4.79 Å². The van der Waals surface area contributed by atoms with E-state index in [1.165, 1.54) is 29.1 Å². The zero-order chi connectivity index (χ0) is 23.4. The number of hydrogen-bond acceptors (Lipinski definition) is 4. The lowest BCUT2D eigenvalue weighted by Crippen LogP contribution is -2.56. The van der Waals surface area contributed by atoms with Crippen molar-refractivity contribution < 1.29 is 4.79 Å². The topological polar surface area (TPSA) is 51.2 Å². The second kappa shape index (κ2) is 10.0. The Morgan fingerprint density at radius 1 is 1.00 bits per heavy atom. The van der Waals surface area contributed by atoms with Crippen molar-refractivity contribution in [3.8, 4) is 0 Å². The van der Waals surface area contributed by atoms with E-state index in [9.17, 15) is 4.79 Å². The van der Waals surface area contributed by atoms with Crippen molar-refractivity contribution in [2.45, 2.75) is 44.6 Å². The lowest BCUT2D eigenvalue weighted by Gasteiger charge is -2.51. The van der Waals surface area contributed by atoms with Gasteiger partial charge in [0.25, 0.3) is 0 Å². The highest BCUT2D eigenvalue weighted by Gasteiger charge is 2.42. The highest BCUT2D eigenvalue weighted by atomic mass is 16.2. The van der Waals surface area contributed by atoms with Crippen LogP contribution in [0.3, 0.4) is 0 Å². The van der Waals surface area contributed by atoms with Crippen molar-refractivity contribution in [1.29, 1.82) is 0 Å². The number of nitrogens with one attached hydrogen (secondary N) is 1. The third kappa shape index (κ3) is 4.73. The maximum atomic E-state index is 12.7. The van der Waals surface area contributed by atoms with Crippen LogP contribution in [0.2, 0.25) is 0 Å². The predicted molar refractivity (Wildman–Crippen MR) is 139 cm³/mol. The number of benzene rings is 2. The summed E-state index contributed by atoms with van der Waals surface area (Å²) in [5.74, 6) is 0.769. The third-order valence-corrected chi connectivity index (χ3v) is 7.66. The van der Waals surface area contributed by atoms with Gasteiger partial charge in [0.1, 0.15) is 0 Å². The molecule has 0 unspecified atom stereocenters. The Morgan fingerprint density at radius 3 is 2.47 bits per heavy atom. The van der Waals surface area contributed by atoms with E-state index in [0.717, 1.165) is 57.0 Å². The van der Waals surface area contributed by atoms with Crippen LogP contribution in [0.25, 0.3) is 0 Å². The molecule has 6 nitrogen and oxygen atoms in total. The zero-order valence-electron chi connectivity index (χ0n) is 20.1. The second-order valence-electron chi connectivity index (χ2n) is 9.80. The molecular weight excluding hydrogens is 422 g/mol. The van der Waals surface area contributed by atoms with Crippen LogP contribution < -0.4 is 10.2 Å². The first-order chi connectivity index (χ1) is 16.6. The first kappa shape index (κ1) is 22.7. The summed E-state index contributed by atoms with van der Waals surface area (Å²) in [6.45, 7) is 6.55. The molecule has 2 fully saturated rings. The molecule has 178 valence electrons. The minimum absolute atomic E-state index is 0.0270. The Balaban J connectivity index is 1.35. The molecule has 3 aliphatic rings. The maximum Gasteiger partial charge on any atom is 0.346 e.